The second kappa shape index (κ2) is 6.51. The van der Waals surface area contributed by atoms with Crippen LogP contribution in [0.4, 0.5) is 11.4 Å². The highest BCUT2D eigenvalue weighted by Gasteiger charge is 2.29. The molecule has 1 heterocycles. The molecule has 0 spiro atoms. The standard InChI is InChI=1S/C13H18N4O4/c1-21-13(18)10-4-5-16(8-10)7-9-2-3-12(17(19)20)11(6-9)15-14/h2-3,6,10,15H,4-5,7-8,14H2,1H3. The molecular formula is C13H18N4O4. The predicted molar refractivity (Wildman–Crippen MR) is 76.3 cm³/mol. The zero-order valence-corrected chi connectivity index (χ0v) is 11.7. The van der Waals surface area contributed by atoms with Crippen molar-refractivity contribution in [3.8, 4) is 0 Å². The van der Waals surface area contributed by atoms with Crippen LogP contribution in [0.25, 0.3) is 0 Å². The number of anilines is 1. The van der Waals surface area contributed by atoms with Crippen LogP contribution in [-0.4, -0.2) is 36.0 Å². The number of nitro groups is 1. The van der Waals surface area contributed by atoms with Gasteiger partial charge in [-0.25, -0.2) is 0 Å². The zero-order valence-electron chi connectivity index (χ0n) is 11.7. The average Bonchev–Trinajstić information content (AvgIpc) is 2.94. The van der Waals surface area contributed by atoms with Crippen molar-refractivity contribution in [2.24, 2.45) is 11.8 Å². The molecule has 8 heteroatoms. The zero-order chi connectivity index (χ0) is 15.4. The maximum absolute atomic E-state index is 11.5. The number of hydrogen-bond acceptors (Lipinski definition) is 7. The minimum atomic E-state index is -0.484. The molecule has 8 nitrogen and oxygen atoms in total. The molecule has 0 saturated carbocycles. The lowest BCUT2D eigenvalue weighted by atomic mass is 10.1. The SMILES string of the molecule is COC(=O)C1CCN(Cc2ccc([N+](=O)[O-])c(NN)c2)C1. The van der Waals surface area contributed by atoms with Crippen LogP contribution in [0.15, 0.2) is 18.2 Å². The lowest BCUT2D eigenvalue weighted by Gasteiger charge is -2.16. The Balaban J connectivity index is 2.04. The molecule has 1 aliphatic rings. The quantitative estimate of drug-likeness (QED) is 0.359. The molecular weight excluding hydrogens is 276 g/mol. The number of nitrogens with two attached hydrogens (primary N) is 1. The summed E-state index contributed by atoms with van der Waals surface area (Å²) in [6.45, 7) is 2.04. The van der Waals surface area contributed by atoms with Crippen LogP contribution in [0, 0.1) is 16.0 Å². The first kappa shape index (κ1) is 15.2. The summed E-state index contributed by atoms with van der Waals surface area (Å²) in [4.78, 5) is 23.9. The molecule has 1 aliphatic heterocycles. The molecule has 0 bridgehead atoms. The number of hydrogen-bond donors (Lipinski definition) is 2. The van der Waals surface area contributed by atoms with Crippen molar-refractivity contribution < 1.29 is 14.5 Å². The molecule has 1 aromatic rings. The van der Waals surface area contributed by atoms with Crippen molar-refractivity contribution in [2.75, 3.05) is 25.6 Å². The summed E-state index contributed by atoms with van der Waals surface area (Å²) in [6.07, 6.45) is 0.766. The Bertz CT molecular complexity index is 549. The molecule has 1 aromatic carbocycles. The molecule has 2 rings (SSSR count). The van der Waals surface area contributed by atoms with E-state index in [-0.39, 0.29) is 23.3 Å². The van der Waals surface area contributed by atoms with Crippen LogP contribution in [0.1, 0.15) is 12.0 Å². The van der Waals surface area contributed by atoms with Crippen LogP contribution >= 0.6 is 0 Å². The van der Waals surface area contributed by atoms with E-state index in [4.69, 9.17) is 10.6 Å². The van der Waals surface area contributed by atoms with Gasteiger partial charge in [-0.2, -0.15) is 0 Å². The Labute approximate surface area is 122 Å². The summed E-state index contributed by atoms with van der Waals surface area (Å²) in [5.41, 5.74) is 3.46. The second-order valence-electron chi connectivity index (χ2n) is 5.00. The molecule has 1 unspecified atom stereocenters. The van der Waals surface area contributed by atoms with E-state index in [1.165, 1.54) is 13.2 Å². The first-order valence-corrected chi connectivity index (χ1v) is 6.59. The van der Waals surface area contributed by atoms with Gasteiger partial charge in [0.05, 0.1) is 18.0 Å². The number of nitrogens with zero attached hydrogens (tertiary/aromatic N) is 2. The largest absolute Gasteiger partial charge is 0.469 e. The van der Waals surface area contributed by atoms with Crippen LogP contribution in [-0.2, 0) is 16.1 Å². The van der Waals surface area contributed by atoms with Gasteiger partial charge >= 0.3 is 5.97 Å². The van der Waals surface area contributed by atoms with Crippen molar-refractivity contribution >= 4 is 17.3 Å². The molecule has 21 heavy (non-hydrogen) atoms. The second-order valence-corrected chi connectivity index (χ2v) is 5.00. The number of nitrogens with one attached hydrogen (secondary N) is 1. The third-order valence-electron chi connectivity index (χ3n) is 3.63. The maximum Gasteiger partial charge on any atom is 0.310 e. The maximum atomic E-state index is 11.5. The van der Waals surface area contributed by atoms with E-state index in [1.54, 1.807) is 12.1 Å². The Morgan fingerprint density at radius 1 is 1.62 bits per heavy atom. The van der Waals surface area contributed by atoms with Gasteiger partial charge in [0.25, 0.3) is 5.69 Å². The Morgan fingerprint density at radius 2 is 2.38 bits per heavy atom. The highest BCUT2D eigenvalue weighted by atomic mass is 16.6. The van der Waals surface area contributed by atoms with Crippen LogP contribution in [0.5, 0.6) is 0 Å². The minimum Gasteiger partial charge on any atom is -0.469 e. The number of esters is 1. The highest BCUT2D eigenvalue weighted by Crippen LogP contribution is 2.26. The molecule has 3 N–H and O–H groups in total. The van der Waals surface area contributed by atoms with Crippen molar-refractivity contribution in [1.29, 1.82) is 0 Å². The number of carbonyl (C=O) groups is 1. The van der Waals surface area contributed by atoms with E-state index in [2.05, 4.69) is 10.3 Å². The number of carbonyl (C=O) groups excluding carboxylic acids is 1. The van der Waals surface area contributed by atoms with E-state index < -0.39 is 4.92 Å². The third-order valence-corrected chi connectivity index (χ3v) is 3.63. The molecule has 1 fully saturated rings. The summed E-state index contributed by atoms with van der Waals surface area (Å²) >= 11 is 0. The molecule has 1 saturated heterocycles. The molecule has 114 valence electrons. The third kappa shape index (κ3) is 3.47. The van der Waals surface area contributed by atoms with E-state index in [0.717, 1.165) is 18.5 Å². The lowest BCUT2D eigenvalue weighted by molar-refractivity contribution is -0.384. The number of likely N-dealkylation sites (tertiary alicyclic amines) is 1. The highest BCUT2D eigenvalue weighted by molar-refractivity contribution is 5.72. The van der Waals surface area contributed by atoms with E-state index >= 15 is 0 Å². The number of methoxy groups -OCH3 is 1. The predicted octanol–water partition coefficient (Wildman–Crippen LogP) is 0.875. The lowest BCUT2D eigenvalue weighted by Crippen LogP contribution is -2.23. The van der Waals surface area contributed by atoms with Gasteiger partial charge in [-0.15, -0.1) is 0 Å². The molecule has 0 radical (unpaired) electrons. The van der Waals surface area contributed by atoms with Gasteiger partial charge < -0.3 is 10.2 Å². The average molecular weight is 294 g/mol. The smallest absolute Gasteiger partial charge is 0.310 e. The van der Waals surface area contributed by atoms with Gasteiger partial charge in [0.2, 0.25) is 0 Å². The fourth-order valence-electron chi connectivity index (χ4n) is 2.55. The van der Waals surface area contributed by atoms with Crippen molar-refractivity contribution in [1.82, 2.24) is 4.90 Å². The van der Waals surface area contributed by atoms with Gasteiger partial charge in [0.15, 0.2) is 0 Å². The van der Waals surface area contributed by atoms with Crippen LogP contribution < -0.4 is 11.3 Å². The van der Waals surface area contributed by atoms with E-state index in [9.17, 15) is 14.9 Å². The van der Waals surface area contributed by atoms with Crippen molar-refractivity contribution in [2.45, 2.75) is 13.0 Å². The monoisotopic (exact) mass is 294 g/mol. The van der Waals surface area contributed by atoms with Crippen molar-refractivity contribution in [3.05, 3.63) is 33.9 Å². The number of hydrazine groups is 1. The summed E-state index contributed by atoms with van der Waals surface area (Å²) in [6, 6.07) is 4.78. The first-order valence-electron chi connectivity index (χ1n) is 6.59. The van der Waals surface area contributed by atoms with Crippen LogP contribution in [0.3, 0.4) is 0 Å². The summed E-state index contributed by atoms with van der Waals surface area (Å²) < 4.78 is 4.74. The number of benzene rings is 1. The van der Waals surface area contributed by atoms with Gasteiger partial charge in [-0.05, 0) is 24.6 Å². The normalized spacial score (nSPS) is 18.5. The van der Waals surface area contributed by atoms with Crippen LogP contribution in [0.2, 0.25) is 0 Å². The summed E-state index contributed by atoms with van der Waals surface area (Å²) in [5, 5.41) is 10.8. The molecule has 0 amide bonds. The van der Waals surface area contributed by atoms with Gasteiger partial charge in [-0.3, -0.25) is 25.7 Å². The first-order chi connectivity index (χ1) is 10.0. The fraction of sp³-hybridized carbons (Fsp3) is 0.462. The summed E-state index contributed by atoms with van der Waals surface area (Å²) in [7, 11) is 1.39. The Morgan fingerprint density at radius 3 is 3.00 bits per heavy atom. The number of nitrogen functional groups attached to an aromatic ring is 1. The van der Waals surface area contributed by atoms with Gasteiger partial charge in [-0.1, -0.05) is 6.07 Å². The van der Waals surface area contributed by atoms with Crippen molar-refractivity contribution in [3.63, 3.8) is 0 Å². The van der Waals surface area contributed by atoms with Gasteiger partial charge in [0.1, 0.15) is 5.69 Å². The van der Waals surface area contributed by atoms with E-state index in [1.807, 2.05) is 0 Å². The minimum absolute atomic E-state index is 0.0601. The molecule has 0 aromatic heterocycles. The number of rotatable bonds is 5. The Hall–Kier alpha value is -2.19. The molecule has 0 aliphatic carbocycles. The molecule has 1 atom stereocenters. The summed E-state index contributed by atoms with van der Waals surface area (Å²) in [5.74, 6) is 5.03. The number of ether oxygens (including phenoxy) is 1. The topological polar surface area (TPSA) is 111 Å². The number of nitro benzene ring substituents is 1. The Kier molecular flexibility index (Phi) is 4.71. The van der Waals surface area contributed by atoms with E-state index in [0.29, 0.717) is 13.1 Å². The fourth-order valence-corrected chi connectivity index (χ4v) is 2.55. The van der Waals surface area contributed by atoms with Gasteiger partial charge in [0, 0.05) is 19.2 Å².